The average Bonchev–Trinajstić information content (AvgIpc) is 2.65. The van der Waals surface area contributed by atoms with E-state index in [1.165, 1.54) is 18.9 Å². The van der Waals surface area contributed by atoms with Crippen molar-refractivity contribution >= 4 is 23.5 Å². The molecule has 2 rings (SSSR count). The van der Waals surface area contributed by atoms with Crippen molar-refractivity contribution in [3.8, 4) is 23.3 Å². The number of rotatable bonds is 5. The maximum Gasteiger partial charge on any atom is 0.337 e. The van der Waals surface area contributed by atoms with E-state index >= 15 is 0 Å². The van der Waals surface area contributed by atoms with Crippen LogP contribution in [0.5, 0.6) is 0 Å². The van der Waals surface area contributed by atoms with Gasteiger partial charge in [0, 0.05) is 11.3 Å². The van der Waals surface area contributed by atoms with Gasteiger partial charge in [0.25, 0.3) is 0 Å². The van der Waals surface area contributed by atoms with E-state index in [0.29, 0.717) is 27.5 Å². The monoisotopic (exact) mass is 350 g/mol. The molecule has 0 radical (unpaired) electrons. The van der Waals surface area contributed by atoms with Crippen molar-refractivity contribution in [1.82, 2.24) is 4.98 Å². The van der Waals surface area contributed by atoms with E-state index in [9.17, 15) is 15.3 Å². The number of ether oxygens (including phenoxy) is 1. The molecule has 1 aromatic carbocycles. The smallest absolute Gasteiger partial charge is 0.337 e. The third-order valence-electron chi connectivity index (χ3n) is 3.35. The van der Waals surface area contributed by atoms with Crippen molar-refractivity contribution in [2.24, 2.45) is 0 Å². The number of nitrogen functional groups attached to an aromatic ring is 1. The van der Waals surface area contributed by atoms with Crippen LogP contribution in [0.25, 0.3) is 11.1 Å². The van der Waals surface area contributed by atoms with Crippen LogP contribution >= 0.6 is 11.8 Å². The van der Waals surface area contributed by atoms with Crippen molar-refractivity contribution in [3.63, 3.8) is 0 Å². The number of nitrogens with two attached hydrogens (primary N) is 1. The standard InChI is InChI=1S/C18H14N4O2S/c1-3-8-25-17-14(10-20)15(13(9-19)16(21)22-17)11-4-6-12(7-5-11)18(23)24-2/h3-7H,1,8H2,2H3,(H2,21,22). The fourth-order valence-electron chi connectivity index (χ4n) is 2.22. The number of esters is 1. The van der Waals surface area contributed by atoms with Gasteiger partial charge in [-0.2, -0.15) is 10.5 Å². The zero-order chi connectivity index (χ0) is 18.4. The molecule has 1 aromatic heterocycles. The number of aromatic nitrogens is 1. The summed E-state index contributed by atoms with van der Waals surface area (Å²) in [6.07, 6.45) is 1.69. The second-order valence-electron chi connectivity index (χ2n) is 4.82. The zero-order valence-electron chi connectivity index (χ0n) is 13.4. The van der Waals surface area contributed by atoms with E-state index in [1.54, 1.807) is 30.3 Å². The van der Waals surface area contributed by atoms with Crippen LogP contribution in [0.4, 0.5) is 5.82 Å². The molecule has 0 aliphatic heterocycles. The Morgan fingerprint density at radius 1 is 1.32 bits per heavy atom. The normalized spacial score (nSPS) is 9.72. The number of pyridine rings is 1. The number of benzene rings is 1. The van der Waals surface area contributed by atoms with Crippen molar-refractivity contribution in [1.29, 1.82) is 10.5 Å². The van der Waals surface area contributed by atoms with Gasteiger partial charge in [0.1, 0.15) is 28.5 Å². The Kier molecular flexibility index (Phi) is 5.78. The molecule has 7 heteroatoms. The van der Waals surface area contributed by atoms with Gasteiger partial charge in [-0.05, 0) is 17.7 Å². The summed E-state index contributed by atoms with van der Waals surface area (Å²) in [6.45, 7) is 3.64. The molecule has 25 heavy (non-hydrogen) atoms. The van der Waals surface area contributed by atoms with Gasteiger partial charge in [0.05, 0.1) is 18.2 Å². The van der Waals surface area contributed by atoms with E-state index < -0.39 is 5.97 Å². The Morgan fingerprint density at radius 3 is 2.48 bits per heavy atom. The number of methoxy groups -OCH3 is 1. The highest BCUT2D eigenvalue weighted by atomic mass is 32.2. The van der Waals surface area contributed by atoms with Gasteiger partial charge in [-0.15, -0.1) is 18.3 Å². The zero-order valence-corrected chi connectivity index (χ0v) is 14.3. The Balaban J connectivity index is 2.68. The molecule has 0 bridgehead atoms. The summed E-state index contributed by atoms with van der Waals surface area (Å²) < 4.78 is 4.67. The molecule has 1 heterocycles. The molecule has 0 atom stereocenters. The van der Waals surface area contributed by atoms with Crippen LogP contribution in [0.1, 0.15) is 21.5 Å². The van der Waals surface area contributed by atoms with E-state index in [-0.39, 0.29) is 16.9 Å². The van der Waals surface area contributed by atoms with Gasteiger partial charge in [0.15, 0.2) is 0 Å². The highest BCUT2D eigenvalue weighted by molar-refractivity contribution is 7.99. The lowest BCUT2D eigenvalue weighted by Gasteiger charge is -2.12. The predicted octanol–water partition coefficient (Wildman–Crippen LogP) is 3.14. The van der Waals surface area contributed by atoms with E-state index in [4.69, 9.17) is 5.73 Å². The number of anilines is 1. The molecular weight excluding hydrogens is 336 g/mol. The molecule has 0 aliphatic carbocycles. The summed E-state index contributed by atoms with van der Waals surface area (Å²) in [4.78, 5) is 15.7. The third-order valence-corrected chi connectivity index (χ3v) is 4.32. The Bertz CT molecular complexity index is 909. The van der Waals surface area contributed by atoms with Crippen molar-refractivity contribution in [3.05, 3.63) is 53.6 Å². The molecule has 0 aliphatic rings. The van der Waals surface area contributed by atoms with E-state index in [1.807, 2.05) is 6.07 Å². The summed E-state index contributed by atoms with van der Waals surface area (Å²) in [5.74, 6) is 0.137. The Morgan fingerprint density at radius 2 is 1.96 bits per heavy atom. The molecule has 0 spiro atoms. The first-order valence-corrected chi connectivity index (χ1v) is 8.12. The summed E-state index contributed by atoms with van der Waals surface area (Å²) in [5, 5.41) is 19.5. The number of nitrogens with zero attached hydrogens (tertiary/aromatic N) is 3. The molecule has 6 nitrogen and oxygen atoms in total. The lowest BCUT2D eigenvalue weighted by atomic mass is 9.96. The van der Waals surface area contributed by atoms with Gasteiger partial charge in [-0.25, -0.2) is 9.78 Å². The first-order chi connectivity index (χ1) is 12.1. The SMILES string of the molecule is C=CCSc1nc(N)c(C#N)c(-c2ccc(C(=O)OC)cc2)c1C#N. The molecular formula is C18H14N4O2S. The number of carbonyl (C=O) groups excluding carboxylic acids is 1. The maximum absolute atomic E-state index is 11.6. The predicted molar refractivity (Wildman–Crippen MR) is 95.8 cm³/mol. The number of nitriles is 2. The van der Waals surface area contributed by atoms with Crippen LogP contribution in [0.3, 0.4) is 0 Å². The molecule has 0 amide bonds. The average molecular weight is 350 g/mol. The molecule has 0 saturated carbocycles. The van der Waals surface area contributed by atoms with Gasteiger partial charge in [-0.1, -0.05) is 18.2 Å². The minimum absolute atomic E-state index is 0.0557. The van der Waals surface area contributed by atoms with Gasteiger partial charge >= 0.3 is 5.97 Å². The van der Waals surface area contributed by atoms with Crippen LogP contribution in [0.2, 0.25) is 0 Å². The molecule has 0 fully saturated rings. The van der Waals surface area contributed by atoms with Gasteiger partial charge in [0.2, 0.25) is 0 Å². The molecule has 0 unspecified atom stereocenters. The highest BCUT2D eigenvalue weighted by Crippen LogP contribution is 2.35. The number of hydrogen-bond donors (Lipinski definition) is 1. The molecule has 124 valence electrons. The van der Waals surface area contributed by atoms with E-state index in [0.717, 1.165) is 0 Å². The van der Waals surface area contributed by atoms with E-state index in [2.05, 4.69) is 22.4 Å². The van der Waals surface area contributed by atoms with Crippen LogP contribution in [-0.2, 0) is 4.74 Å². The Labute approximate surface area is 149 Å². The second-order valence-corrected chi connectivity index (χ2v) is 5.83. The summed E-state index contributed by atoms with van der Waals surface area (Å²) in [6, 6.07) is 10.5. The molecule has 2 N–H and O–H groups in total. The van der Waals surface area contributed by atoms with Gasteiger partial charge < -0.3 is 10.5 Å². The number of thioether (sulfide) groups is 1. The lowest BCUT2D eigenvalue weighted by Crippen LogP contribution is -2.04. The van der Waals surface area contributed by atoms with Crippen LogP contribution < -0.4 is 5.73 Å². The fourth-order valence-corrected chi connectivity index (χ4v) is 2.95. The van der Waals surface area contributed by atoms with Gasteiger partial charge in [-0.3, -0.25) is 0 Å². The first kappa shape index (κ1) is 18.1. The first-order valence-electron chi connectivity index (χ1n) is 7.13. The van der Waals surface area contributed by atoms with Crippen LogP contribution in [-0.4, -0.2) is 23.8 Å². The van der Waals surface area contributed by atoms with Crippen molar-refractivity contribution in [2.75, 3.05) is 18.6 Å². The number of hydrogen-bond acceptors (Lipinski definition) is 7. The fraction of sp³-hybridized carbons (Fsp3) is 0.111. The minimum atomic E-state index is -0.468. The number of carbonyl (C=O) groups is 1. The van der Waals surface area contributed by atoms with Crippen molar-refractivity contribution < 1.29 is 9.53 Å². The van der Waals surface area contributed by atoms with Crippen LogP contribution in [0.15, 0.2) is 41.9 Å². The second kappa shape index (κ2) is 8.00. The van der Waals surface area contributed by atoms with Crippen molar-refractivity contribution in [2.45, 2.75) is 5.03 Å². The summed E-state index contributed by atoms with van der Waals surface area (Å²) >= 11 is 1.31. The highest BCUT2D eigenvalue weighted by Gasteiger charge is 2.20. The summed E-state index contributed by atoms with van der Waals surface area (Å²) in [7, 11) is 1.30. The van der Waals surface area contributed by atoms with Crippen LogP contribution in [0, 0.1) is 22.7 Å². The summed E-state index contributed by atoms with van der Waals surface area (Å²) in [5.41, 5.74) is 7.67. The Hall–Kier alpha value is -3.29. The molecule has 2 aromatic rings. The quantitative estimate of drug-likeness (QED) is 0.500. The topological polar surface area (TPSA) is 113 Å². The molecule has 0 saturated heterocycles. The maximum atomic E-state index is 11.6. The largest absolute Gasteiger partial charge is 0.465 e. The lowest BCUT2D eigenvalue weighted by molar-refractivity contribution is 0.0601. The third kappa shape index (κ3) is 3.63. The minimum Gasteiger partial charge on any atom is -0.465 e.